The van der Waals surface area contributed by atoms with Gasteiger partial charge in [-0.2, -0.15) is 0 Å². The van der Waals surface area contributed by atoms with E-state index in [4.69, 9.17) is 0 Å². The molecule has 1 aromatic rings. The van der Waals surface area contributed by atoms with E-state index in [0.717, 1.165) is 18.8 Å². The van der Waals surface area contributed by atoms with Crippen molar-refractivity contribution in [3.8, 4) is 0 Å². The minimum absolute atomic E-state index is 0. The van der Waals surface area contributed by atoms with Gasteiger partial charge in [0, 0.05) is 6.61 Å². The minimum Gasteiger partial charge on any atom is -0.396 e. The van der Waals surface area contributed by atoms with E-state index in [2.05, 4.69) is 30.3 Å². The van der Waals surface area contributed by atoms with Crippen LogP contribution < -0.4 is 0 Å². The zero-order valence-corrected chi connectivity index (χ0v) is 12.6. The van der Waals surface area contributed by atoms with Crippen LogP contribution in [0.3, 0.4) is 0 Å². The van der Waals surface area contributed by atoms with Crippen LogP contribution in [0.25, 0.3) is 0 Å². The summed E-state index contributed by atoms with van der Waals surface area (Å²) < 4.78 is 0. The Kier molecular flexibility index (Phi) is 8.16. The molecule has 1 N–H and O–H groups in total. The van der Waals surface area contributed by atoms with Crippen molar-refractivity contribution in [3.05, 3.63) is 35.9 Å². The van der Waals surface area contributed by atoms with Crippen LogP contribution in [0, 0.1) is 11.8 Å². The van der Waals surface area contributed by atoms with Gasteiger partial charge in [0.15, 0.2) is 0 Å². The number of rotatable bonds is 6. The third kappa shape index (κ3) is 5.97. The van der Waals surface area contributed by atoms with Crippen molar-refractivity contribution in [2.75, 3.05) is 6.61 Å². The maximum atomic E-state index is 9.53. The molecule has 2 rings (SSSR count). The molecule has 1 saturated carbocycles. The van der Waals surface area contributed by atoms with Gasteiger partial charge in [-0.15, -0.1) is 12.4 Å². The highest BCUT2D eigenvalue weighted by Gasteiger charge is 2.18. The van der Waals surface area contributed by atoms with E-state index in [9.17, 15) is 5.11 Å². The summed E-state index contributed by atoms with van der Waals surface area (Å²) in [4.78, 5) is 0. The van der Waals surface area contributed by atoms with Gasteiger partial charge in [-0.1, -0.05) is 62.4 Å². The molecule has 1 aliphatic rings. The fourth-order valence-electron chi connectivity index (χ4n) is 3.19. The third-order valence-corrected chi connectivity index (χ3v) is 4.33. The summed E-state index contributed by atoms with van der Waals surface area (Å²) in [6.07, 6.45) is 10.5. The standard InChI is InChI=1S/C17H26O.ClH/c18-14-17(13-16-9-5-2-6-10-16)12-11-15-7-3-1-4-8-15;/h1,3-4,7-8,16-18H,2,5-6,9-14H2;1H. The minimum atomic E-state index is 0. The Labute approximate surface area is 123 Å². The molecule has 0 amide bonds. The Morgan fingerprint density at radius 3 is 2.37 bits per heavy atom. The number of hydrogen-bond donors (Lipinski definition) is 1. The molecule has 1 unspecified atom stereocenters. The van der Waals surface area contributed by atoms with E-state index in [0.29, 0.717) is 12.5 Å². The van der Waals surface area contributed by atoms with Gasteiger partial charge in [0.05, 0.1) is 0 Å². The van der Waals surface area contributed by atoms with E-state index >= 15 is 0 Å². The Morgan fingerprint density at radius 1 is 1.05 bits per heavy atom. The van der Waals surface area contributed by atoms with Crippen molar-refractivity contribution in [1.29, 1.82) is 0 Å². The van der Waals surface area contributed by atoms with Crippen LogP contribution in [0.4, 0.5) is 0 Å². The Hall–Kier alpha value is -0.530. The molecule has 19 heavy (non-hydrogen) atoms. The van der Waals surface area contributed by atoms with Gasteiger partial charge in [-0.05, 0) is 36.7 Å². The molecule has 108 valence electrons. The average molecular weight is 283 g/mol. The van der Waals surface area contributed by atoms with Crippen LogP contribution in [0.1, 0.15) is 50.5 Å². The molecule has 0 spiro atoms. The monoisotopic (exact) mass is 282 g/mol. The summed E-state index contributed by atoms with van der Waals surface area (Å²) in [7, 11) is 0. The predicted octanol–water partition coefficient (Wildman–Crippen LogP) is 4.62. The second-order valence-electron chi connectivity index (χ2n) is 5.81. The zero-order valence-electron chi connectivity index (χ0n) is 11.8. The van der Waals surface area contributed by atoms with Crippen LogP contribution in [0.5, 0.6) is 0 Å². The first-order chi connectivity index (χ1) is 8.88. The van der Waals surface area contributed by atoms with Crippen molar-refractivity contribution >= 4 is 12.4 Å². The maximum Gasteiger partial charge on any atom is 0.0459 e. The summed E-state index contributed by atoms with van der Waals surface area (Å²) in [5.74, 6) is 1.39. The molecule has 0 radical (unpaired) electrons. The Morgan fingerprint density at radius 2 is 1.74 bits per heavy atom. The zero-order chi connectivity index (χ0) is 12.6. The molecule has 0 aliphatic heterocycles. The molecule has 0 bridgehead atoms. The number of aryl methyl sites for hydroxylation is 1. The lowest BCUT2D eigenvalue weighted by atomic mass is 9.81. The van der Waals surface area contributed by atoms with Crippen LogP contribution in [-0.4, -0.2) is 11.7 Å². The fourth-order valence-corrected chi connectivity index (χ4v) is 3.19. The van der Waals surface area contributed by atoms with Gasteiger partial charge in [-0.3, -0.25) is 0 Å². The lowest BCUT2D eigenvalue weighted by molar-refractivity contribution is 0.178. The van der Waals surface area contributed by atoms with Gasteiger partial charge in [0.1, 0.15) is 0 Å². The van der Waals surface area contributed by atoms with Gasteiger partial charge in [0.25, 0.3) is 0 Å². The Balaban J connectivity index is 0.00000180. The summed E-state index contributed by atoms with van der Waals surface area (Å²) >= 11 is 0. The highest BCUT2D eigenvalue weighted by atomic mass is 35.5. The van der Waals surface area contributed by atoms with Crippen molar-refractivity contribution in [2.24, 2.45) is 11.8 Å². The van der Waals surface area contributed by atoms with Gasteiger partial charge in [-0.25, -0.2) is 0 Å². The summed E-state index contributed by atoms with van der Waals surface area (Å²) in [6.45, 7) is 0.364. The van der Waals surface area contributed by atoms with E-state index in [1.165, 1.54) is 44.1 Å². The summed E-state index contributed by atoms with van der Waals surface area (Å²) in [5.41, 5.74) is 1.40. The lowest BCUT2D eigenvalue weighted by Gasteiger charge is -2.25. The lowest BCUT2D eigenvalue weighted by Crippen LogP contribution is -2.15. The molecular weight excluding hydrogens is 256 g/mol. The quantitative estimate of drug-likeness (QED) is 0.807. The van der Waals surface area contributed by atoms with Crippen LogP contribution in [-0.2, 0) is 6.42 Å². The first kappa shape index (κ1) is 16.5. The fraction of sp³-hybridized carbons (Fsp3) is 0.647. The SMILES string of the molecule is Cl.OCC(CCc1ccccc1)CC1CCCCC1. The second kappa shape index (κ2) is 9.39. The molecule has 0 aromatic heterocycles. The van der Waals surface area contributed by atoms with E-state index in [-0.39, 0.29) is 12.4 Å². The van der Waals surface area contributed by atoms with E-state index in [1.54, 1.807) is 0 Å². The van der Waals surface area contributed by atoms with Crippen molar-refractivity contribution in [3.63, 3.8) is 0 Å². The van der Waals surface area contributed by atoms with Crippen LogP contribution in [0.15, 0.2) is 30.3 Å². The van der Waals surface area contributed by atoms with Gasteiger partial charge >= 0.3 is 0 Å². The van der Waals surface area contributed by atoms with Crippen molar-refractivity contribution < 1.29 is 5.11 Å². The summed E-state index contributed by atoms with van der Waals surface area (Å²) in [5, 5.41) is 9.53. The first-order valence-electron chi connectivity index (χ1n) is 7.53. The molecule has 0 heterocycles. The maximum absolute atomic E-state index is 9.53. The number of aliphatic hydroxyl groups is 1. The average Bonchev–Trinajstić information content (AvgIpc) is 2.45. The van der Waals surface area contributed by atoms with E-state index in [1.807, 2.05) is 0 Å². The number of aliphatic hydroxyl groups excluding tert-OH is 1. The van der Waals surface area contributed by atoms with Gasteiger partial charge < -0.3 is 5.11 Å². The molecular formula is C17H27ClO. The number of halogens is 1. The van der Waals surface area contributed by atoms with E-state index < -0.39 is 0 Å². The highest BCUT2D eigenvalue weighted by Crippen LogP contribution is 2.30. The first-order valence-corrected chi connectivity index (χ1v) is 7.53. The molecule has 1 fully saturated rings. The molecule has 1 atom stereocenters. The highest BCUT2D eigenvalue weighted by molar-refractivity contribution is 5.85. The molecule has 1 aromatic carbocycles. The second-order valence-corrected chi connectivity index (χ2v) is 5.81. The predicted molar refractivity (Wildman–Crippen MR) is 83.8 cm³/mol. The normalized spacial score (nSPS) is 17.7. The largest absolute Gasteiger partial charge is 0.396 e. The Bertz CT molecular complexity index is 319. The van der Waals surface area contributed by atoms with Crippen LogP contribution in [0.2, 0.25) is 0 Å². The van der Waals surface area contributed by atoms with Crippen molar-refractivity contribution in [2.45, 2.75) is 51.4 Å². The third-order valence-electron chi connectivity index (χ3n) is 4.33. The molecule has 1 nitrogen and oxygen atoms in total. The molecule has 2 heteroatoms. The van der Waals surface area contributed by atoms with Gasteiger partial charge in [0.2, 0.25) is 0 Å². The number of benzene rings is 1. The summed E-state index contributed by atoms with van der Waals surface area (Å²) in [6, 6.07) is 10.6. The molecule has 1 aliphatic carbocycles. The molecule has 0 saturated heterocycles. The smallest absolute Gasteiger partial charge is 0.0459 e. The number of hydrogen-bond acceptors (Lipinski definition) is 1. The topological polar surface area (TPSA) is 20.2 Å². The van der Waals surface area contributed by atoms with Crippen LogP contribution >= 0.6 is 12.4 Å². The van der Waals surface area contributed by atoms with Crippen molar-refractivity contribution in [1.82, 2.24) is 0 Å².